The first-order valence-corrected chi connectivity index (χ1v) is 6.63. The summed E-state index contributed by atoms with van der Waals surface area (Å²) in [6, 6.07) is 0. The average Bonchev–Trinajstić information content (AvgIpc) is 2.44. The van der Waals surface area contributed by atoms with Crippen molar-refractivity contribution < 1.29 is 0 Å². The highest BCUT2D eigenvalue weighted by molar-refractivity contribution is 9.10. The quantitative estimate of drug-likeness (QED) is 0.801. The van der Waals surface area contributed by atoms with Crippen molar-refractivity contribution in [2.45, 2.75) is 52.5 Å². The number of rotatable bonds is 2. The Labute approximate surface area is 100 Å². The molecule has 2 heterocycles. The van der Waals surface area contributed by atoms with Crippen LogP contribution in [0, 0.1) is 5.92 Å². The van der Waals surface area contributed by atoms with Crippen LogP contribution in [0.4, 0.5) is 0 Å². The highest BCUT2D eigenvalue weighted by Gasteiger charge is 2.23. The summed E-state index contributed by atoms with van der Waals surface area (Å²) in [6.07, 6.45) is 3.68. The van der Waals surface area contributed by atoms with Gasteiger partial charge in [0.1, 0.15) is 10.4 Å². The summed E-state index contributed by atoms with van der Waals surface area (Å²) in [7, 11) is 0. The zero-order chi connectivity index (χ0) is 11.0. The van der Waals surface area contributed by atoms with Crippen molar-refractivity contribution in [3.8, 4) is 0 Å². The molecule has 0 saturated carbocycles. The lowest BCUT2D eigenvalue weighted by molar-refractivity contribution is 0.452. The van der Waals surface area contributed by atoms with E-state index in [2.05, 4.69) is 46.3 Å². The Balaban J connectivity index is 2.37. The van der Waals surface area contributed by atoms with E-state index in [1.807, 2.05) is 0 Å². The van der Waals surface area contributed by atoms with Crippen molar-refractivity contribution in [2.75, 3.05) is 0 Å². The minimum Gasteiger partial charge on any atom is -0.331 e. The summed E-state index contributed by atoms with van der Waals surface area (Å²) in [6.45, 7) is 7.96. The van der Waals surface area contributed by atoms with Crippen LogP contribution in [0.3, 0.4) is 0 Å². The Morgan fingerprint density at radius 3 is 2.93 bits per heavy atom. The van der Waals surface area contributed by atoms with E-state index in [4.69, 9.17) is 0 Å². The maximum Gasteiger partial charge on any atom is 0.127 e. The predicted octanol–water partition coefficient (Wildman–Crippen LogP) is 3.74. The number of fused-ring (bicyclic) bond motifs is 1. The molecule has 0 bridgehead atoms. The van der Waals surface area contributed by atoms with E-state index in [0.717, 1.165) is 17.6 Å². The smallest absolute Gasteiger partial charge is 0.127 e. The molecule has 0 aromatic carbocycles. The van der Waals surface area contributed by atoms with Crippen LogP contribution in [0.5, 0.6) is 0 Å². The van der Waals surface area contributed by atoms with Crippen LogP contribution >= 0.6 is 15.9 Å². The summed E-state index contributed by atoms with van der Waals surface area (Å²) < 4.78 is 3.50. The monoisotopic (exact) mass is 270 g/mol. The van der Waals surface area contributed by atoms with E-state index < -0.39 is 0 Å². The number of hydrogen-bond acceptors (Lipinski definition) is 1. The lowest BCUT2D eigenvalue weighted by Crippen LogP contribution is -2.16. The third-order valence-electron chi connectivity index (χ3n) is 3.12. The van der Waals surface area contributed by atoms with E-state index >= 15 is 0 Å². The van der Waals surface area contributed by atoms with Crippen LogP contribution in [0.15, 0.2) is 4.60 Å². The zero-order valence-corrected chi connectivity index (χ0v) is 11.3. The molecule has 0 radical (unpaired) electrons. The summed E-state index contributed by atoms with van der Waals surface area (Å²) >= 11 is 3.60. The second-order valence-electron chi connectivity index (χ2n) is 5.00. The molecule has 0 fully saturated rings. The molecular formula is C12H19BrN2. The van der Waals surface area contributed by atoms with Gasteiger partial charge in [0.15, 0.2) is 0 Å². The maximum absolute atomic E-state index is 4.66. The fraction of sp³-hybridized carbons (Fsp3) is 0.750. The van der Waals surface area contributed by atoms with Crippen LogP contribution in [0.2, 0.25) is 0 Å². The Hall–Kier alpha value is -0.310. The third kappa shape index (κ3) is 2.12. The average molecular weight is 271 g/mol. The minimum absolute atomic E-state index is 0.654. The number of hydrogen-bond donors (Lipinski definition) is 0. The van der Waals surface area contributed by atoms with Crippen molar-refractivity contribution >= 4 is 15.9 Å². The highest BCUT2D eigenvalue weighted by Crippen LogP contribution is 2.33. The van der Waals surface area contributed by atoms with E-state index in [-0.39, 0.29) is 0 Å². The standard InChI is InChI=1S/C12H19BrN2/c1-8(2)7-10-14-12(13)11-9(3)5-4-6-15(10)11/h8-9H,4-7H2,1-3H3. The van der Waals surface area contributed by atoms with Gasteiger partial charge >= 0.3 is 0 Å². The molecule has 1 atom stereocenters. The van der Waals surface area contributed by atoms with Crippen LogP contribution < -0.4 is 0 Å². The second kappa shape index (κ2) is 4.28. The largest absolute Gasteiger partial charge is 0.331 e. The third-order valence-corrected chi connectivity index (χ3v) is 3.70. The van der Waals surface area contributed by atoms with Crippen LogP contribution in [0.25, 0.3) is 0 Å². The minimum atomic E-state index is 0.654. The van der Waals surface area contributed by atoms with E-state index in [9.17, 15) is 0 Å². The van der Waals surface area contributed by atoms with Gasteiger partial charge in [0.05, 0.1) is 5.69 Å². The number of nitrogens with zero attached hydrogens (tertiary/aromatic N) is 2. The Bertz CT molecular complexity index is 355. The zero-order valence-electron chi connectivity index (χ0n) is 9.76. The van der Waals surface area contributed by atoms with Crippen molar-refractivity contribution in [3.05, 3.63) is 16.1 Å². The molecule has 1 aliphatic rings. The van der Waals surface area contributed by atoms with Gasteiger partial charge in [0.2, 0.25) is 0 Å². The number of halogens is 1. The number of aromatic nitrogens is 2. The highest BCUT2D eigenvalue weighted by atomic mass is 79.9. The van der Waals surface area contributed by atoms with Gasteiger partial charge < -0.3 is 4.57 Å². The predicted molar refractivity (Wildman–Crippen MR) is 66.1 cm³/mol. The molecule has 0 aliphatic carbocycles. The van der Waals surface area contributed by atoms with Crippen LogP contribution in [-0.2, 0) is 13.0 Å². The van der Waals surface area contributed by atoms with Gasteiger partial charge in [-0.25, -0.2) is 4.98 Å². The van der Waals surface area contributed by atoms with Gasteiger partial charge in [-0.1, -0.05) is 20.8 Å². The fourth-order valence-electron chi connectivity index (χ4n) is 2.41. The Morgan fingerprint density at radius 1 is 1.53 bits per heavy atom. The first-order chi connectivity index (χ1) is 7.09. The molecule has 15 heavy (non-hydrogen) atoms. The maximum atomic E-state index is 4.66. The molecule has 1 aromatic rings. The van der Waals surface area contributed by atoms with Gasteiger partial charge in [-0.05, 0) is 40.6 Å². The second-order valence-corrected chi connectivity index (χ2v) is 5.75. The van der Waals surface area contributed by atoms with Gasteiger partial charge in [0.25, 0.3) is 0 Å². The van der Waals surface area contributed by atoms with Crippen LogP contribution in [-0.4, -0.2) is 9.55 Å². The normalized spacial score (nSPS) is 20.7. The summed E-state index contributed by atoms with van der Waals surface area (Å²) in [5.74, 6) is 2.60. The summed E-state index contributed by atoms with van der Waals surface area (Å²) in [4.78, 5) is 4.66. The molecule has 84 valence electrons. The van der Waals surface area contributed by atoms with Gasteiger partial charge in [-0.2, -0.15) is 0 Å². The molecule has 0 spiro atoms. The molecule has 0 N–H and O–H groups in total. The summed E-state index contributed by atoms with van der Waals surface area (Å²) in [5, 5.41) is 0. The lowest BCUT2D eigenvalue weighted by Gasteiger charge is -2.22. The van der Waals surface area contributed by atoms with Crippen molar-refractivity contribution in [1.82, 2.24) is 9.55 Å². The molecular weight excluding hydrogens is 252 g/mol. The van der Waals surface area contributed by atoms with E-state index in [1.54, 1.807) is 0 Å². The van der Waals surface area contributed by atoms with Crippen molar-refractivity contribution in [1.29, 1.82) is 0 Å². The molecule has 2 rings (SSSR count). The Morgan fingerprint density at radius 2 is 2.27 bits per heavy atom. The van der Waals surface area contributed by atoms with Gasteiger partial charge in [-0.15, -0.1) is 0 Å². The van der Waals surface area contributed by atoms with Crippen molar-refractivity contribution in [2.24, 2.45) is 5.92 Å². The number of imidazole rings is 1. The molecule has 1 unspecified atom stereocenters. The lowest BCUT2D eigenvalue weighted by atomic mass is 9.98. The Kier molecular flexibility index (Phi) is 3.19. The van der Waals surface area contributed by atoms with E-state index in [1.165, 1.54) is 24.4 Å². The van der Waals surface area contributed by atoms with Gasteiger partial charge in [0, 0.05) is 13.0 Å². The topological polar surface area (TPSA) is 17.8 Å². The summed E-state index contributed by atoms with van der Waals surface area (Å²) in [5.41, 5.74) is 1.41. The first kappa shape index (κ1) is 11.2. The van der Waals surface area contributed by atoms with E-state index in [0.29, 0.717) is 11.8 Å². The molecule has 0 amide bonds. The fourth-order valence-corrected chi connectivity index (χ4v) is 3.22. The van der Waals surface area contributed by atoms with Gasteiger partial charge in [-0.3, -0.25) is 0 Å². The molecule has 1 aromatic heterocycles. The first-order valence-electron chi connectivity index (χ1n) is 5.84. The van der Waals surface area contributed by atoms with Crippen LogP contribution in [0.1, 0.15) is 51.0 Å². The molecule has 2 nitrogen and oxygen atoms in total. The van der Waals surface area contributed by atoms with Crippen molar-refractivity contribution in [3.63, 3.8) is 0 Å². The molecule has 1 aliphatic heterocycles. The molecule has 3 heteroatoms. The molecule has 0 saturated heterocycles. The SMILES string of the molecule is CC(C)Cc1nc(Br)c2n1CCCC2C.